The number of aromatic nitrogens is 3. The maximum atomic E-state index is 13.6. The highest BCUT2D eigenvalue weighted by atomic mass is 19.4. The number of hydrogen-bond acceptors (Lipinski definition) is 4. The molecule has 0 bridgehead atoms. The van der Waals surface area contributed by atoms with Crippen LogP contribution in [0.1, 0.15) is 23.5 Å². The smallest absolute Gasteiger partial charge is 0.475 e. The zero-order valence-electron chi connectivity index (χ0n) is 15.3. The Balaban J connectivity index is 0.000000339. The molecule has 0 aliphatic heterocycles. The summed E-state index contributed by atoms with van der Waals surface area (Å²) in [5.74, 6) is -7.55. The predicted octanol–water partition coefficient (Wildman–Crippen LogP) is 3.36. The number of carbonyl (C=O) groups is 2. The lowest BCUT2D eigenvalue weighted by atomic mass is 10.2. The van der Waals surface area contributed by atoms with E-state index < -0.39 is 35.5 Å². The lowest BCUT2D eigenvalue weighted by Crippen LogP contribution is -2.28. The van der Waals surface area contributed by atoms with Gasteiger partial charge in [-0.3, -0.25) is 9.36 Å². The molecule has 13 heteroatoms. The summed E-state index contributed by atoms with van der Waals surface area (Å²) in [4.78, 5) is 29.6. The van der Waals surface area contributed by atoms with E-state index in [2.05, 4.69) is 15.3 Å². The van der Waals surface area contributed by atoms with E-state index in [4.69, 9.17) is 9.90 Å². The van der Waals surface area contributed by atoms with Crippen molar-refractivity contribution in [2.75, 3.05) is 0 Å². The largest absolute Gasteiger partial charge is 0.490 e. The normalized spacial score (nSPS) is 13.5. The number of benzene rings is 1. The van der Waals surface area contributed by atoms with E-state index in [1.807, 2.05) is 0 Å². The Morgan fingerprint density at radius 3 is 2.23 bits per heavy atom. The van der Waals surface area contributed by atoms with Crippen molar-refractivity contribution in [1.29, 1.82) is 0 Å². The first-order chi connectivity index (χ1) is 14.5. The quantitative estimate of drug-likeness (QED) is 0.475. The third kappa shape index (κ3) is 4.92. The first-order valence-corrected chi connectivity index (χ1v) is 8.58. The Labute approximate surface area is 169 Å². The Hall–Kier alpha value is -3.64. The van der Waals surface area contributed by atoms with Crippen LogP contribution in [0.25, 0.3) is 16.9 Å². The molecule has 2 aromatic heterocycles. The highest BCUT2D eigenvalue weighted by Crippen LogP contribution is 2.24. The highest BCUT2D eigenvalue weighted by Gasteiger charge is 2.38. The average Bonchev–Trinajstić information content (AvgIpc) is 3.41. The van der Waals surface area contributed by atoms with Crippen molar-refractivity contribution in [3.8, 4) is 5.69 Å². The van der Waals surface area contributed by atoms with E-state index in [9.17, 15) is 31.1 Å². The van der Waals surface area contributed by atoms with Gasteiger partial charge in [0.05, 0.1) is 5.69 Å². The molecule has 31 heavy (non-hydrogen) atoms. The number of carbonyl (C=O) groups excluding carboxylic acids is 1. The number of nitrogens with zero attached hydrogens (tertiary/aromatic N) is 3. The maximum Gasteiger partial charge on any atom is 0.490 e. The number of rotatable bonds is 3. The van der Waals surface area contributed by atoms with Crippen molar-refractivity contribution in [1.82, 2.24) is 19.9 Å². The molecule has 1 aromatic carbocycles. The van der Waals surface area contributed by atoms with E-state index in [1.165, 1.54) is 10.8 Å². The van der Waals surface area contributed by atoms with Gasteiger partial charge in [-0.2, -0.15) is 13.2 Å². The summed E-state index contributed by atoms with van der Waals surface area (Å²) in [7, 11) is 0. The Kier molecular flexibility index (Phi) is 5.86. The molecule has 0 spiro atoms. The zero-order chi connectivity index (χ0) is 22.9. The third-order valence-electron chi connectivity index (χ3n) is 4.00. The van der Waals surface area contributed by atoms with E-state index >= 15 is 0 Å². The fraction of sp³-hybridized carbons (Fsp3) is 0.222. The van der Waals surface area contributed by atoms with Gasteiger partial charge in [0.1, 0.15) is 5.52 Å². The summed E-state index contributed by atoms with van der Waals surface area (Å²) in [6.07, 6.45) is -1.85. The van der Waals surface area contributed by atoms with Crippen molar-refractivity contribution < 1.29 is 41.0 Å². The molecule has 0 unspecified atom stereocenters. The van der Waals surface area contributed by atoms with E-state index in [1.54, 1.807) is 12.1 Å². The number of nitrogens with one attached hydrogen (secondary N) is 1. The average molecular weight is 446 g/mol. The van der Waals surface area contributed by atoms with Gasteiger partial charge >= 0.3 is 12.1 Å². The number of halogens is 6. The van der Waals surface area contributed by atoms with Crippen molar-refractivity contribution in [2.24, 2.45) is 0 Å². The number of carboxylic acid groups (broad SMARTS) is 1. The Morgan fingerprint density at radius 2 is 1.71 bits per heavy atom. The summed E-state index contributed by atoms with van der Waals surface area (Å²) < 4.78 is 73.4. The van der Waals surface area contributed by atoms with Crippen LogP contribution >= 0.6 is 0 Å². The number of aliphatic carboxylic acids is 1. The number of hydrogen-bond donors (Lipinski definition) is 2. The maximum absolute atomic E-state index is 13.6. The molecule has 7 nitrogen and oxygen atoms in total. The summed E-state index contributed by atoms with van der Waals surface area (Å²) in [5.41, 5.74) is 0.584. The first kappa shape index (κ1) is 22.1. The Morgan fingerprint density at radius 1 is 1.13 bits per heavy atom. The summed E-state index contributed by atoms with van der Waals surface area (Å²) in [6, 6.07) is 4.96. The van der Waals surface area contributed by atoms with Gasteiger partial charge in [0.25, 0.3) is 5.91 Å². The molecule has 164 valence electrons. The van der Waals surface area contributed by atoms with Crippen LogP contribution in [0.4, 0.5) is 26.3 Å². The second-order valence-electron chi connectivity index (χ2n) is 6.39. The molecule has 2 heterocycles. The van der Waals surface area contributed by atoms with Crippen LogP contribution in [0.2, 0.25) is 0 Å². The van der Waals surface area contributed by atoms with Gasteiger partial charge in [0.2, 0.25) is 5.82 Å². The molecule has 0 atom stereocenters. The molecule has 3 aromatic rings. The third-order valence-corrected chi connectivity index (χ3v) is 4.00. The molecule has 1 aliphatic rings. The molecule has 0 radical (unpaired) electrons. The van der Waals surface area contributed by atoms with Crippen molar-refractivity contribution >= 4 is 23.0 Å². The second-order valence-corrected chi connectivity index (χ2v) is 6.39. The van der Waals surface area contributed by atoms with Crippen LogP contribution < -0.4 is 5.32 Å². The molecular weight excluding hydrogens is 434 g/mol. The fourth-order valence-corrected chi connectivity index (χ4v) is 2.46. The second kappa shape index (κ2) is 8.24. The molecule has 1 amide bonds. The number of pyridine rings is 1. The monoisotopic (exact) mass is 446 g/mol. The predicted molar refractivity (Wildman–Crippen MR) is 92.9 cm³/mol. The van der Waals surface area contributed by atoms with Crippen LogP contribution in [-0.2, 0) is 4.79 Å². The van der Waals surface area contributed by atoms with Gasteiger partial charge in [-0.1, -0.05) is 0 Å². The van der Waals surface area contributed by atoms with Crippen LogP contribution in [0.5, 0.6) is 0 Å². The topological polar surface area (TPSA) is 97.1 Å². The number of alkyl halides is 3. The van der Waals surface area contributed by atoms with E-state index in [-0.39, 0.29) is 23.2 Å². The van der Waals surface area contributed by atoms with Crippen LogP contribution in [0.3, 0.4) is 0 Å². The molecular formula is C18H12F6N4O3. The Bertz CT molecular complexity index is 1130. The number of carboxylic acids is 1. The molecule has 0 saturated heterocycles. The minimum absolute atomic E-state index is 0.0546. The molecule has 4 rings (SSSR count). The van der Waals surface area contributed by atoms with Crippen molar-refractivity contribution in [3.63, 3.8) is 0 Å². The summed E-state index contributed by atoms with van der Waals surface area (Å²) in [6.45, 7) is 0. The highest BCUT2D eigenvalue weighted by molar-refractivity contribution is 5.95. The summed E-state index contributed by atoms with van der Waals surface area (Å²) in [5, 5.41) is 9.90. The van der Waals surface area contributed by atoms with Gasteiger partial charge in [0.15, 0.2) is 23.1 Å². The lowest BCUT2D eigenvalue weighted by Gasteiger charge is -2.09. The number of amides is 1. The summed E-state index contributed by atoms with van der Waals surface area (Å²) >= 11 is 0. The molecule has 1 fully saturated rings. The SMILES string of the molecule is O=C(NC1CC1)c1nc2cccnc2n1-c1cc(F)c(F)c(F)c1.O=C(O)C(F)(F)F. The van der Waals surface area contributed by atoms with Crippen molar-refractivity contribution in [3.05, 3.63) is 53.7 Å². The lowest BCUT2D eigenvalue weighted by molar-refractivity contribution is -0.192. The van der Waals surface area contributed by atoms with E-state index in [0.717, 1.165) is 25.0 Å². The van der Waals surface area contributed by atoms with Crippen molar-refractivity contribution in [2.45, 2.75) is 25.1 Å². The van der Waals surface area contributed by atoms with Gasteiger partial charge in [0, 0.05) is 24.4 Å². The van der Waals surface area contributed by atoms with Crippen LogP contribution in [-0.4, -0.2) is 43.7 Å². The van der Waals surface area contributed by atoms with Crippen LogP contribution in [0, 0.1) is 17.5 Å². The molecule has 1 saturated carbocycles. The molecule has 1 aliphatic carbocycles. The molecule has 2 N–H and O–H groups in total. The first-order valence-electron chi connectivity index (χ1n) is 8.58. The minimum Gasteiger partial charge on any atom is -0.475 e. The van der Waals surface area contributed by atoms with Gasteiger partial charge in [-0.15, -0.1) is 0 Å². The van der Waals surface area contributed by atoms with Crippen LogP contribution in [0.15, 0.2) is 30.5 Å². The minimum atomic E-state index is -5.08. The standard InChI is InChI=1S/C16H11F3N4O.C2HF3O2/c17-10-6-9(7-11(18)13(10)19)23-14-12(2-1-5-20-14)22-15(23)16(24)21-8-3-4-8;3-2(4,5)1(6)7/h1-2,5-8H,3-4H2,(H,21,24);(H,6,7). The van der Waals surface area contributed by atoms with Gasteiger partial charge in [-0.05, 0) is 25.0 Å². The fourth-order valence-electron chi connectivity index (χ4n) is 2.46. The van der Waals surface area contributed by atoms with E-state index in [0.29, 0.717) is 5.52 Å². The number of fused-ring (bicyclic) bond motifs is 1. The van der Waals surface area contributed by atoms with Gasteiger partial charge in [-0.25, -0.2) is 27.9 Å². The zero-order valence-corrected chi connectivity index (χ0v) is 15.3. The van der Waals surface area contributed by atoms with Gasteiger partial charge < -0.3 is 10.4 Å². The number of imidazole rings is 1.